The molecule has 1 heterocycles. The molecule has 16 heteroatoms. The predicted molar refractivity (Wildman–Crippen MR) is 133 cm³/mol. The van der Waals surface area contributed by atoms with Gasteiger partial charge in [-0.1, -0.05) is 18.2 Å². The fourth-order valence-electron chi connectivity index (χ4n) is 3.65. The van der Waals surface area contributed by atoms with Crippen molar-refractivity contribution in [1.29, 1.82) is 0 Å². The van der Waals surface area contributed by atoms with Crippen molar-refractivity contribution in [2.24, 2.45) is 17.2 Å². The average molecular weight is 548 g/mol. The van der Waals surface area contributed by atoms with Crippen LogP contribution in [0.15, 0.2) is 30.5 Å². The summed E-state index contributed by atoms with van der Waals surface area (Å²) in [6.07, 6.45) is -0.852. The number of aromatic amines is 1. The number of hydrogen-bond acceptors (Lipinski definition) is 8. The number of aliphatic carboxylic acids is 2. The Morgan fingerprint density at radius 3 is 1.92 bits per heavy atom. The van der Waals surface area contributed by atoms with Gasteiger partial charge < -0.3 is 48.3 Å². The smallest absolute Gasteiger partial charge is 0.326 e. The van der Waals surface area contributed by atoms with Gasteiger partial charge >= 0.3 is 11.9 Å². The van der Waals surface area contributed by atoms with Crippen LogP contribution in [0.3, 0.4) is 0 Å². The number of para-hydroxylation sites is 1. The van der Waals surface area contributed by atoms with Crippen LogP contribution in [0, 0.1) is 0 Å². The maximum absolute atomic E-state index is 13.1. The van der Waals surface area contributed by atoms with E-state index in [0.717, 1.165) is 0 Å². The Bertz CT molecular complexity index is 1280. The minimum atomic E-state index is -1.73. The summed E-state index contributed by atoms with van der Waals surface area (Å²) in [5, 5.41) is 25.9. The van der Waals surface area contributed by atoms with Crippen LogP contribution in [0.1, 0.15) is 24.8 Å². The molecule has 0 saturated carbocycles. The maximum Gasteiger partial charge on any atom is 0.326 e. The van der Waals surface area contributed by atoms with Crippen LogP contribution in [0.5, 0.6) is 0 Å². The third kappa shape index (κ3) is 9.12. The van der Waals surface area contributed by atoms with Gasteiger partial charge in [-0.25, -0.2) is 4.79 Å². The van der Waals surface area contributed by atoms with E-state index in [9.17, 15) is 43.8 Å². The number of carbonyl (C=O) groups is 7. The van der Waals surface area contributed by atoms with Gasteiger partial charge in [0, 0.05) is 23.5 Å². The van der Waals surface area contributed by atoms with Crippen molar-refractivity contribution in [1.82, 2.24) is 20.9 Å². The summed E-state index contributed by atoms with van der Waals surface area (Å²) in [4.78, 5) is 86.7. The molecular weight excluding hydrogens is 518 g/mol. The van der Waals surface area contributed by atoms with Crippen molar-refractivity contribution in [2.75, 3.05) is 0 Å². The topological polar surface area (TPSA) is 290 Å². The number of carboxylic acid groups (broad SMARTS) is 2. The number of carbonyl (C=O) groups excluding carboxylic acids is 5. The van der Waals surface area contributed by atoms with Crippen LogP contribution in [-0.2, 0) is 40.0 Å². The Balaban J connectivity index is 2.34. The molecule has 2 rings (SSSR count). The number of benzene rings is 1. The SMILES string of the molecule is NC(=O)CC(N)C(=O)NC(CC(=O)O)C(=O)NC(Cc1c[nH]c2ccccc12)C(=O)NC(CC(N)=O)C(=O)O. The molecule has 39 heavy (non-hydrogen) atoms. The normalized spacial score (nSPS) is 13.9. The highest BCUT2D eigenvalue weighted by atomic mass is 16.4. The summed E-state index contributed by atoms with van der Waals surface area (Å²) in [6.45, 7) is 0. The van der Waals surface area contributed by atoms with Gasteiger partial charge in [-0.3, -0.25) is 28.8 Å². The van der Waals surface area contributed by atoms with Crippen molar-refractivity contribution in [3.05, 3.63) is 36.0 Å². The summed E-state index contributed by atoms with van der Waals surface area (Å²) in [7, 11) is 0. The molecule has 4 unspecified atom stereocenters. The average Bonchev–Trinajstić information content (AvgIpc) is 3.24. The lowest BCUT2D eigenvalue weighted by Gasteiger charge is -2.24. The number of carboxylic acids is 2. The zero-order chi connectivity index (χ0) is 29.3. The van der Waals surface area contributed by atoms with E-state index in [4.69, 9.17) is 17.2 Å². The summed E-state index contributed by atoms with van der Waals surface area (Å²) in [5.74, 6) is -8.12. The summed E-state index contributed by atoms with van der Waals surface area (Å²) in [6, 6.07) is 0.589. The first-order valence-corrected chi connectivity index (χ1v) is 11.5. The number of nitrogens with one attached hydrogen (secondary N) is 4. The molecule has 1 aromatic heterocycles. The Morgan fingerprint density at radius 2 is 1.33 bits per heavy atom. The Morgan fingerprint density at radius 1 is 0.769 bits per heavy atom. The van der Waals surface area contributed by atoms with Crippen molar-refractivity contribution < 1.29 is 43.8 Å². The fourth-order valence-corrected chi connectivity index (χ4v) is 3.65. The van der Waals surface area contributed by atoms with Crippen LogP contribution in [0.4, 0.5) is 0 Å². The molecule has 2 aromatic rings. The molecule has 0 aliphatic heterocycles. The van der Waals surface area contributed by atoms with E-state index in [1.807, 2.05) is 0 Å². The third-order valence-corrected chi connectivity index (χ3v) is 5.52. The standard InChI is InChI=1S/C23H29N7O9/c24-12(6-17(25)31)20(35)28-15(8-19(33)34)22(37)29-14(21(36)30-16(23(38)39)7-18(26)32)5-10-9-27-13-4-2-1-3-11(10)13/h1-4,9,12,14-16,27H,5-8,24H2,(H2,25,31)(H2,26,32)(H,28,35)(H,29,37)(H,30,36)(H,33,34)(H,38,39). The number of primary amides is 2. The number of fused-ring (bicyclic) bond motifs is 1. The van der Waals surface area contributed by atoms with Crippen molar-refractivity contribution in [2.45, 2.75) is 49.9 Å². The summed E-state index contributed by atoms with van der Waals surface area (Å²) >= 11 is 0. The molecule has 5 amide bonds. The minimum absolute atomic E-state index is 0.195. The number of rotatable bonds is 15. The zero-order valence-corrected chi connectivity index (χ0v) is 20.5. The molecule has 0 fully saturated rings. The molecule has 16 nitrogen and oxygen atoms in total. The predicted octanol–water partition coefficient (Wildman–Crippen LogP) is -3.20. The van der Waals surface area contributed by atoms with E-state index in [1.54, 1.807) is 30.5 Å². The lowest BCUT2D eigenvalue weighted by Crippen LogP contribution is -2.58. The van der Waals surface area contributed by atoms with Gasteiger partial charge in [-0.15, -0.1) is 0 Å². The van der Waals surface area contributed by atoms with E-state index < -0.39 is 84.9 Å². The highest BCUT2D eigenvalue weighted by molar-refractivity contribution is 5.97. The number of aromatic nitrogens is 1. The monoisotopic (exact) mass is 547 g/mol. The molecule has 1 aromatic carbocycles. The van der Waals surface area contributed by atoms with Gasteiger partial charge in [0.25, 0.3) is 0 Å². The van der Waals surface area contributed by atoms with E-state index >= 15 is 0 Å². The molecule has 0 saturated heterocycles. The van der Waals surface area contributed by atoms with Crippen LogP contribution in [0.25, 0.3) is 10.9 Å². The Hall–Kier alpha value is -4.99. The fraction of sp³-hybridized carbons (Fsp3) is 0.348. The zero-order valence-electron chi connectivity index (χ0n) is 20.5. The highest BCUT2D eigenvalue weighted by Crippen LogP contribution is 2.19. The Labute approximate surface area is 220 Å². The molecule has 0 spiro atoms. The number of H-pyrrole nitrogens is 1. The van der Waals surface area contributed by atoms with Gasteiger partial charge in [-0.2, -0.15) is 0 Å². The van der Waals surface area contributed by atoms with E-state index in [2.05, 4.69) is 20.9 Å². The maximum atomic E-state index is 13.1. The van der Waals surface area contributed by atoms with Gasteiger partial charge in [0.15, 0.2) is 0 Å². The van der Waals surface area contributed by atoms with Gasteiger partial charge in [-0.05, 0) is 11.6 Å². The molecule has 12 N–H and O–H groups in total. The molecule has 0 bridgehead atoms. The molecule has 0 radical (unpaired) electrons. The lowest BCUT2D eigenvalue weighted by molar-refractivity contribution is -0.144. The number of nitrogens with two attached hydrogens (primary N) is 3. The molecule has 0 aliphatic rings. The van der Waals surface area contributed by atoms with Crippen LogP contribution in [-0.4, -0.2) is 80.8 Å². The van der Waals surface area contributed by atoms with Crippen LogP contribution < -0.4 is 33.2 Å². The minimum Gasteiger partial charge on any atom is -0.481 e. The molecule has 0 aliphatic carbocycles. The van der Waals surface area contributed by atoms with Crippen molar-refractivity contribution >= 4 is 52.4 Å². The van der Waals surface area contributed by atoms with E-state index in [1.165, 1.54) is 0 Å². The van der Waals surface area contributed by atoms with Crippen LogP contribution in [0.2, 0.25) is 0 Å². The quantitative estimate of drug-likeness (QED) is 0.108. The van der Waals surface area contributed by atoms with Gasteiger partial charge in [0.05, 0.1) is 25.3 Å². The first kappa shape index (κ1) is 30.2. The number of hydrogen-bond donors (Lipinski definition) is 9. The Kier molecular flexibility index (Phi) is 10.5. The lowest BCUT2D eigenvalue weighted by atomic mass is 10.0. The van der Waals surface area contributed by atoms with Crippen molar-refractivity contribution in [3.63, 3.8) is 0 Å². The molecule has 4 atom stereocenters. The van der Waals surface area contributed by atoms with Crippen LogP contribution >= 0.6 is 0 Å². The first-order valence-electron chi connectivity index (χ1n) is 11.5. The van der Waals surface area contributed by atoms with E-state index in [0.29, 0.717) is 16.5 Å². The van der Waals surface area contributed by atoms with E-state index in [-0.39, 0.29) is 6.42 Å². The second-order valence-corrected chi connectivity index (χ2v) is 8.63. The second-order valence-electron chi connectivity index (χ2n) is 8.63. The summed E-state index contributed by atoms with van der Waals surface area (Å²) in [5.41, 5.74) is 16.9. The second kappa shape index (κ2) is 13.5. The van der Waals surface area contributed by atoms with Gasteiger partial charge in [0.1, 0.15) is 18.1 Å². The first-order chi connectivity index (χ1) is 18.3. The largest absolute Gasteiger partial charge is 0.481 e. The summed E-state index contributed by atoms with van der Waals surface area (Å²) < 4.78 is 0. The third-order valence-electron chi connectivity index (χ3n) is 5.52. The highest BCUT2D eigenvalue weighted by Gasteiger charge is 2.32. The molecule has 210 valence electrons. The number of amides is 5. The van der Waals surface area contributed by atoms with Crippen molar-refractivity contribution in [3.8, 4) is 0 Å². The molecular formula is C23H29N7O9. The van der Waals surface area contributed by atoms with Gasteiger partial charge in [0.2, 0.25) is 29.5 Å².